The lowest BCUT2D eigenvalue weighted by molar-refractivity contribution is -0.117. The van der Waals surface area contributed by atoms with Gasteiger partial charge in [-0.25, -0.2) is 0 Å². The maximum Gasteiger partial charge on any atom is 0.248 e. The summed E-state index contributed by atoms with van der Waals surface area (Å²) in [6, 6.07) is 6.60. The number of hydrogen-bond donors (Lipinski definition) is 2. The molecular formula is C13H18N2O2. The lowest BCUT2D eigenvalue weighted by atomic mass is 9.92. The number of anilines is 1. The predicted molar refractivity (Wildman–Crippen MR) is 67.7 cm³/mol. The van der Waals surface area contributed by atoms with Crippen molar-refractivity contribution >= 4 is 17.5 Å². The topological polar surface area (TPSA) is 72.2 Å². The molecule has 4 heteroatoms. The number of carbonyl (C=O) groups is 2. The van der Waals surface area contributed by atoms with Crippen molar-refractivity contribution in [2.24, 2.45) is 11.1 Å². The Morgan fingerprint density at radius 1 is 1.29 bits per heavy atom. The van der Waals surface area contributed by atoms with Gasteiger partial charge in [0.1, 0.15) is 0 Å². The van der Waals surface area contributed by atoms with Gasteiger partial charge in [0.2, 0.25) is 11.8 Å². The van der Waals surface area contributed by atoms with Crippen molar-refractivity contribution in [3.63, 3.8) is 0 Å². The van der Waals surface area contributed by atoms with Crippen LogP contribution in [0.1, 0.15) is 37.6 Å². The molecule has 0 saturated carbocycles. The quantitative estimate of drug-likeness (QED) is 0.841. The Bertz CT molecular complexity index is 433. The van der Waals surface area contributed by atoms with E-state index < -0.39 is 5.91 Å². The summed E-state index contributed by atoms with van der Waals surface area (Å²) in [4.78, 5) is 22.7. The van der Waals surface area contributed by atoms with E-state index in [9.17, 15) is 9.59 Å². The molecule has 0 fully saturated rings. The van der Waals surface area contributed by atoms with E-state index in [0.717, 1.165) is 0 Å². The van der Waals surface area contributed by atoms with Crippen molar-refractivity contribution in [2.75, 3.05) is 5.32 Å². The fourth-order valence-corrected chi connectivity index (χ4v) is 1.44. The van der Waals surface area contributed by atoms with Gasteiger partial charge in [0, 0.05) is 17.7 Å². The summed E-state index contributed by atoms with van der Waals surface area (Å²) in [5, 5.41) is 2.75. The van der Waals surface area contributed by atoms with Gasteiger partial charge in [0.15, 0.2) is 0 Å². The minimum Gasteiger partial charge on any atom is -0.366 e. The second-order valence-electron chi connectivity index (χ2n) is 5.23. The van der Waals surface area contributed by atoms with Gasteiger partial charge in [-0.05, 0) is 23.6 Å². The van der Waals surface area contributed by atoms with Gasteiger partial charge in [-0.15, -0.1) is 0 Å². The van der Waals surface area contributed by atoms with Gasteiger partial charge in [-0.1, -0.05) is 26.8 Å². The second kappa shape index (κ2) is 4.99. The number of benzene rings is 1. The van der Waals surface area contributed by atoms with Crippen molar-refractivity contribution in [3.05, 3.63) is 29.8 Å². The standard InChI is InChI=1S/C13H18N2O2/c1-13(2,3)8-11(16)15-10-6-4-5-9(7-10)12(14)17/h4-7H,8H2,1-3H3,(H2,14,17)(H,15,16). The molecule has 0 aliphatic heterocycles. The maximum atomic E-state index is 11.7. The molecule has 2 amide bonds. The van der Waals surface area contributed by atoms with Crippen LogP contribution >= 0.6 is 0 Å². The Morgan fingerprint density at radius 3 is 2.47 bits per heavy atom. The normalized spacial score (nSPS) is 11.0. The lowest BCUT2D eigenvalue weighted by Gasteiger charge is -2.17. The maximum absolute atomic E-state index is 11.7. The number of hydrogen-bond acceptors (Lipinski definition) is 2. The number of nitrogens with two attached hydrogens (primary N) is 1. The van der Waals surface area contributed by atoms with Crippen molar-refractivity contribution in [1.29, 1.82) is 0 Å². The summed E-state index contributed by atoms with van der Waals surface area (Å²) < 4.78 is 0. The summed E-state index contributed by atoms with van der Waals surface area (Å²) in [7, 11) is 0. The molecule has 0 aromatic heterocycles. The summed E-state index contributed by atoms with van der Waals surface area (Å²) in [6.45, 7) is 5.98. The minimum absolute atomic E-state index is 0.0641. The first-order chi connectivity index (χ1) is 7.78. The van der Waals surface area contributed by atoms with Crippen molar-refractivity contribution in [1.82, 2.24) is 0 Å². The molecule has 1 aromatic carbocycles. The Hall–Kier alpha value is -1.84. The highest BCUT2D eigenvalue weighted by atomic mass is 16.2. The highest BCUT2D eigenvalue weighted by molar-refractivity contribution is 5.96. The SMILES string of the molecule is CC(C)(C)CC(=O)Nc1cccc(C(N)=O)c1. The van der Waals surface area contributed by atoms with Gasteiger partial charge in [0.25, 0.3) is 0 Å². The average molecular weight is 234 g/mol. The predicted octanol–water partition coefficient (Wildman–Crippen LogP) is 2.16. The molecule has 1 aromatic rings. The smallest absolute Gasteiger partial charge is 0.248 e. The largest absolute Gasteiger partial charge is 0.366 e. The molecule has 0 saturated heterocycles. The number of rotatable bonds is 3. The van der Waals surface area contributed by atoms with Crippen LogP contribution in [0, 0.1) is 5.41 Å². The zero-order chi connectivity index (χ0) is 13.1. The van der Waals surface area contributed by atoms with E-state index in [4.69, 9.17) is 5.73 Å². The monoisotopic (exact) mass is 234 g/mol. The molecule has 17 heavy (non-hydrogen) atoms. The van der Waals surface area contributed by atoms with E-state index in [2.05, 4.69) is 5.32 Å². The van der Waals surface area contributed by atoms with E-state index in [0.29, 0.717) is 17.7 Å². The molecule has 0 aliphatic carbocycles. The van der Waals surface area contributed by atoms with Gasteiger partial charge < -0.3 is 11.1 Å². The van der Waals surface area contributed by atoms with E-state index >= 15 is 0 Å². The molecule has 1 rings (SSSR count). The van der Waals surface area contributed by atoms with E-state index in [-0.39, 0.29) is 11.3 Å². The average Bonchev–Trinajstić information content (AvgIpc) is 2.14. The van der Waals surface area contributed by atoms with Crippen LogP contribution in [0.4, 0.5) is 5.69 Å². The summed E-state index contributed by atoms with van der Waals surface area (Å²) in [6.07, 6.45) is 0.424. The molecule has 0 atom stereocenters. The van der Waals surface area contributed by atoms with E-state index in [1.807, 2.05) is 20.8 Å². The number of primary amides is 1. The van der Waals surface area contributed by atoms with Crippen LogP contribution in [0.2, 0.25) is 0 Å². The van der Waals surface area contributed by atoms with E-state index in [1.54, 1.807) is 24.3 Å². The molecule has 0 aliphatic rings. The second-order valence-corrected chi connectivity index (χ2v) is 5.23. The van der Waals surface area contributed by atoms with Crippen LogP contribution in [0.3, 0.4) is 0 Å². The van der Waals surface area contributed by atoms with Crippen LogP contribution in [-0.2, 0) is 4.79 Å². The van der Waals surface area contributed by atoms with E-state index in [1.165, 1.54) is 0 Å². The molecule has 92 valence electrons. The fourth-order valence-electron chi connectivity index (χ4n) is 1.44. The first-order valence-corrected chi connectivity index (χ1v) is 5.48. The van der Waals surface area contributed by atoms with Crippen molar-refractivity contribution < 1.29 is 9.59 Å². The highest BCUT2D eigenvalue weighted by Gasteiger charge is 2.16. The number of nitrogens with one attached hydrogen (secondary N) is 1. The third-order valence-corrected chi connectivity index (χ3v) is 2.12. The first kappa shape index (κ1) is 13.2. The highest BCUT2D eigenvalue weighted by Crippen LogP contribution is 2.19. The third kappa shape index (κ3) is 4.68. The fraction of sp³-hybridized carbons (Fsp3) is 0.385. The zero-order valence-corrected chi connectivity index (χ0v) is 10.4. The summed E-state index contributed by atoms with van der Waals surface area (Å²) in [5.41, 5.74) is 6.08. The lowest BCUT2D eigenvalue weighted by Crippen LogP contribution is -2.20. The summed E-state index contributed by atoms with van der Waals surface area (Å²) in [5.74, 6) is -0.573. The first-order valence-electron chi connectivity index (χ1n) is 5.48. The molecule has 3 N–H and O–H groups in total. The molecule has 0 bridgehead atoms. The van der Waals surface area contributed by atoms with Crippen molar-refractivity contribution in [2.45, 2.75) is 27.2 Å². The Morgan fingerprint density at radius 2 is 1.94 bits per heavy atom. The Kier molecular flexibility index (Phi) is 3.89. The van der Waals surface area contributed by atoms with Crippen molar-refractivity contribution in [3.8, 4) is 0 Å². The molecule has 0 spiro atoms. The van der Waals surface area contributed by atoms with Crippen LogP contribution in [0.15, 0.2) is 24.3 Å². The minimum atomic E-state index is -0.503. The molecule has 0 heterocycles. The van der Waals surface area contributed by atoms with Crippen LogP contribution < -0.4 is 11.1 Å². The third-order valence-electron chi connectivity index (χ3n) is 2.12. The van der Waals surface area contributed by atoms with Gasteiger partial charge >= 0.3 is 0 Å². The number of carbonyl (C=O) groups excluding carboxylic acids is 2. The summed E-state index contributed by atoms with van der Waals surface area (Å²) >= 11 is 0. The van der Waals surface area contributed by atoms with Crippen LogP contribution in [0.25, 0.3) is 0 Å². The number of amides is 2. The van der Waals surface area contributed by atoms with Gasteiger partial charge in [0.05, 0.1) is 0 Å². The Balaban J connectivity index is 2.72. The van der Waals surface area contributed by atoms with Crippen LogP contribution in [-0.4, -0.2) is 11.8 Å². The molecule has 4 nitrogen and oxygen atoms in total. The molecule has 0 radical (unpaired) electrons. The van der Waals surface area contributed by atoms with Gasteiger partial charge in [-0.2, -0.15) is 0 Å². The molecular weight excluding hydrogens is 216 g/mol. The zero-order valence-electron chi connectivity index (χ0n) is 10.4. The van der Waals surface area contributed by atoms with Crippen LogP contribution in [0.5, 0.6) is 0 Å². The Labute approximate surface area is 101 Å². The van der Waals surface area contributed by atoms with Gasteiger partial charge in [-0.3, -0.25) is 9.59 Å². The molecule has 0 unspecified atom stereocenters.